The number of carbonyl (C=O) groups is 2. The first-order valence-corrected chi connectivity index (χ1v) is 6.82. The van der Waals surface area contributed by atoms with Gasteiger partial charge in [-0.05, 0) is 44.7 Å². The average Bonchev–Trinajstić information content (AvgIpc) is 2.27. The Balaban J connectivity index is 1.73. The highest BCUT2D eigenvalue weighted by Gasteiger charge is 2.31. The van der Waals surface area contributed by atoms with Crippen LogP contribution in [0.4, 0.5) is 0 Å². The maximum absolute atomic E-state index is 12.0. The van der Waals surface area contributed by atoms with Crippen LogP contribution in [-0.4, -0.2) is 36.1 Å². The quantitative estimate of drug-likeness (QED) is 0.686. The van der Waals surface area contributed by atoms with Gasteiger partial charge >= 0.3 is 5.97 Å². The van der Waals surface area contributed by atoms with Crippen molar-refractivity contribution in [2.45, 2.75) is 38.6 Å². The van der Waals surface area contributed by atoms with Gasteiger partial charge in [0, 0.05) is 12.0 Å². The van der Waals surface area contributed by atoms with Crippen molar-refractivity contribution in [3.63, 3.8) is 0 Å². The van der Waals surface area contributed by atoms with E-state index in [1.165, 1.54) is 0 Å². The van der Waals surface area contributed by atoms with Gasteiger partial charge in [0.25, 0.3) is 0 Å². The van der Waals surface area contributed by atoms with E-state index in [1.807, 2.05) is 6.92 Å². The summed E-state index contributed by atoms with van der Waals surface area (Å²) >= 11 is 0. The van der Waals surface area contributed by atoms with E-state index >= 15 is 0 Å². The number of aliphatic carboxylic acids is 1. The third kappa shape index (κ3) is 3.02. The SMILES string of the molecule is CC(C(=O)NC1CCC(C(=O)O)CC1)C1CNC1. The minimum atomic E-state index is -0.700. The number of hydrogen-bond donors (Lipinski definition) is 3. The number of amides is 1. The average molecular weight is 254 g/mol. The molecule has 0 aromatic carbocycles. The molecule has 0 aromatic rings. The zero-order valence-corrected chi connectivity index (χ0v) is 10.8. The highest BCUT2D eigenvalue weighted by Crippen LogP contribution is 2.25. The van der Waals surface area contributed by atoms with Crippen LogP contribution < -0.4 is 10.6 Å². The zero-order chi connectivity index (χ0) is 13.1. The van der Waals surface area contributed by atoms with Gasteiger partial charge in [-0.3, -0.25) is 9.59 Å². The van der Waals surface area contributed by atoms with Crippen LogP contribution >= 0.6 is 0 Å². The fraction of sp³-hybridized carbons (Fsp3) is 0.846. The summed E-state index contributed by atoms with van der Waals surface area (Å²) in [5.41, 5.74) is 0. The van der Waals surface area contributed by atoms with Crippen molar-refractivity contribution in [1.29, 1.82) is 0 Å². The van der Waals surface area contributed by atoms with Crippen LogP contribution in [0.1, 0.15) is 32.6 Å². The maximum Gasteiger partial charge on any atom is 0.306 e. The van der Waals surface area contributed by atoms with Crippen LogP contribution in [0.25, 0.3) is 0 Å². The molecule has 1 heterocycles. The van der Waals surface area contributed by atoms with Gasteiger partial charge in [-0.2, -0.15) is 0 Å². The van der Waals surface area contributed by atoms with Crippen molar-refractivity contribution >= 4 is 11.9 Å². The number of carbonyl (C=O) groups excluding carboxylic acids is 1. The Labute approximate surface area is 107 Å². The summed E-state index contributed by atoms with van der Waals surface area (Å²) in [5, 5.41) is 15.2. The lowest BCUT2D eigenvalue weighted by Crippen LogP contribution is -2.51. The first-order chi connectivity index (χ1) is 8.58. The highest BCUT2D eigenvalue weighted by molar-refractivity contribution is 5.79. The molecule has 3 N–H and O–H groups in total. The van der Waals surface area contributed by atoms with Gasteiger partial charge in [-0.25, -0.2) is 0 Å². The predicted molar refractivity (Wildman–Crippen MR) is 67.0 cm³/mol. The van der Waals surface area contributed by atoms with Gasteiger partial charge in [-0.1, -0.05) is 6.92 Å². The van der Waals surface area contributed by atoms with Crippen molar-refractivity contribution in [2.24, 2.45) is 17.8 Å². The van der Waals surface area contributed by atoms with Crippen molar-refractivity contribution in [1.82, 2.24) is 10.6 Å². The molecule has 2 aliphatic rings. The molecule has 1 saturated carbocycles. The molecule has 1 saturated heterocycles. The number of rotatable bonds is 4. The monoisotopic (exact) mass is 254 g/mol. The summed E-state index contributed by atoms with van der Waals surface area (Å²) in [6, 6.07) is 0.170. The summed E-state index contributed by atoms with van der Waals surface area (Å²) in [6.07, 6.45) is 2.94. The van der Waals surface area contributed by atoms with E-state index in [2.05, 4.69) is 10.6 Å². The van der Waals surface area contributed by atoms with E-state index in [-0.39, 0.29) is 23.8 Å². The van der Waals surface area contributed by atoms with Crippen molar-refractivity contribution in [3.8, 4) is 0 Å². The Morgan fingerprint density at radius 1 is 1.22 bits per heavy atom. The molecule has 1 unspecified atom stereocenters. The van der Waals surface area contributed by atoms with Crippen LogP contribution in [0, 0.1) is 17.8 Å². The lowest BCUT2D eigenvalue weighted by molar-refractivity contribution is -0.142. The van der Waals surface area contributed by atoms with Crippen LogP contribution in [0.3, 0.4) is 0 Å². The van der Waals surface area contributed by atoms with E-state index in [1.54, 1.807) is 0 Å². The smallest absolute Gasteiger partial charge is 0.306 e. The standard InChI is InChI=1S/C13H22N2O3/c1-8(10-6-14-7-10)12(16)15-11-4-2-9(3-5-11)13(17)18/h8-11,14H,2-7H2,1H3,(H,15,16)(H,17,18). The van der Waals surface area contributed by atoms with E-state index in [4.69, 9.17) is 5.11 Å². The molecule has 1 aliphatic heterocycles. The molecule has 2 rings (SSSR count). The molecular weight excluding hydrogens is 232 g/mol. The second-order valence-corrected chi connectivity index (χ2v) is 5.60. The second-order valence-electron chi connectivity index (χ2n) is 5.60. The molecule has 2 fully saturated rings. The third-order valence-electron chi connectivity index (χ3n) is 4.36. The summed E-state index contributed by atoms with van der Waals surface area (Å²) in [7, 11) is 0. The summed E-state index contributed by atoms with van der Waals surface area (Å²) < 4.78 is 0. The summed E-state index contributed by atoms with van der Waals surface area (Å²) in [4.78, 5) is 22.8. The second kappa shape index (κ2) is 5.69. The van der Waals surface area contributed by atoms with Gasteiger partial charge < -0.3 is 15.7 Å². The summed E-state index contributed by atoms with van der Waals surface area (Å²) in [6.45, 7) is 3.84. The lowest BCUT2D eigenvalue weighted by atomic mass is 9.84. The number of nitrogens with one attached hydrogen (secondary N) is 2. The molecule has 5 heteroatoms. The van der Waals surface area contributed by atoms with Gasteiger partial charge in [0.2, 0.25) is 5.91 Å². The van der Waals surface area contributed by atoms with Gasteiger partial charge in [-0.15, -0.1) is 0 Å². The molecule has 1 atom stereocenters. The van der Waals surface area contributed by atoms with Crippen LogP contribution in [0.5, 0.6) is 0 Å². The lowest BCUT2D eigenvalue weighted by Gasteiger charge is -2.34. The van der Waals surface area contributed by atoms with E-state index < -0.39 is 5.97 Å². The number of carboxylic acids is 1. The van der Waals surface area contributed by atoms with E-state index in [0.717, 1.165) is 25.9 Å². The van der Waals surface area contributed by atoms with E-state index in [0.29, 0.717) is 18.8 Å². The largest absolute Gasteiger partial charge is 0.481 e. The summed E-state index contributed by atoms with van der Waals surface area (Å²) in [5.74, 6) is -0.274. The Kier molecular flexibility index (Phi) is 4.22. The van der Waals surface area contributed by atoms with E-state index in [9.17, 15) is 9.59 Å². The molecule has 0 aromatic heterocycles. The fourth-order valence-corrected chi connectivity index (χ4v) is 2.70. The van der Waals surface area contributed by atoms with Crippen LogP contribution in [0.2, 0.25) is 0 Å². The Morgan fingerprint density at radius 3 is 2.28 bits per heavy atom. The zero-order valence-electron chi connectivity index (χ0n) is 10.8. The minimum Gasteiger partial charge on any atom is -0.481 e. The molecule has 0 bridgehead atoms. The molecule has 0 spiro atoms. The first-order valence-electron chi connectivity index (χ1n) is 6.82. The van der Waals surface area contributed by atoms with Crippen LogP contribution in [-0.2, 0) is 9.59 Å². The maximum atomic E-state index is 12.0. The highest BCUT2D eigenvalue weighted by atomic mass is 16.4. The normalized spacial score (nSPS) is 30.3. The van der Waals surface area contributed by atoms with Crippen molar-refractivity contribution in [2.75, 3.05) is 13.1 Å². The Morgan fingerprint density at radius 2 is 1.83 bits per heavy atom. The molecule has 5 nitrogen and oxygen atoms in total. The molecular formula is C13H22N2O3. The number of hydrogen-bond acceptors (Lipinski definition) is 3. The van der Waals surface area contributed by atoms with Crippen molar-refractivity contribution < 1.29 is 14.7 Å². The van der Waals surface area contributed by atoms with Crippen molar-refractivity contribution in [3.05, 3.63) is 0 Å². The fourth-order valence-electron chi connectivity index (χ4n) is 2.70. The topological polar surface area (TPSA) is 78.4 Å². The first kappa shape index (κ1) is 13.3. The van der Waals surface area contributed by atoms with Gasteiger partial charge in [0.05, 0.1) is 5.92 Å². The number of carboxylic acid groups (broad SMARTS) is 1. The predicted octanol–water partition coefficient (Wildman–Crippen LogP) is 0.602. The van der Waals surface area contributed by atoms with Gasteiger partial charge in [0.15, 0.2) is 0 Å². The molecule has 1 amide bonds. The van der Waals surface area contributed by atoms with Gasteiger partial charge in [0.1, 0.15) is 0 Å². The molecule has 1 aliphatic carbocycles. The Hall–Kier alpha value is -1.10. The molecule has 102 valence electrons. The Bertz CT molecular complexity index is 320. The van der Waals surface area contributed by atoms with Crippen LogP contribution in [0.15, 0.2) is 0 Å². The minimum absolute atomic E-state index is 0.0587. The third-order valence-corrected chi connectivity index (χ3v) is 4.36. The molecule has 0 radical (unpaired) electrons. The molecule has 18 heavy (non-hydrogen) atoms.